The molecule has 0 radical (unpaired) electrons. The summed E-state index contributed by atoms with van der Waals surface area (Å²) in [7, 11) is 1.41. The highest BCUT2D eigenvalue weighted by Crippen LogP contribution is 2.43. The second-order valence-corrected chi connectivity index (χ2v) is 8.60. The van der Waals surface area contributed by atoms with Gasteiger partial charge in [0.05, 0.1) is 18.7 Å². The smallest absolute Gasteiger partial charge is 0.294 e. The van der Waals surface area contributed by atoms with Gasteiger partial charge in [0.25, 0.3) is 5.91 Å². The molecule has 0 fully saturated rings. The van der Waals surface area contributed by atoms with Gasteiger partial charge in [0.2, 0.25) is 0 Å². The molecule has 0 saturated heterocycles. The molecule has 166 valence electrons. The van der Waals surface area contributed by atoms with Crippen LogP contribution in [0.3, 0.4) is 0 Å². The Morgan fingerprint density at radius 2 is 1.73 bits per heavy atom. The van der Waals surface area contributed by atoms with E-state index in [1.165, 1.54) is 24.2 Å². The predicted octanol–water partition coefficient (Wildman–Crippen LogP) is 5.19. The number of benzene rings is 3. The van der Waals surface area contributed by atoms with Crippen LogP contribution in [0.1, 0.15) is 17.2 Å². The lowest BCUT2D eigenvalue weighted by molar-refractivity contribution is -0.117. The first kappa shape index (κ1) is 22.6. The summed E-state index contributed by atoms with van der Waals surface area (Å²) in [6.45, 7) is 0. The van der Waals surface area contributed by atoms with Crippen molar-refractivity contribution in [1.29, 1.82) is 0 Å². The van der Waals surface area contributed by atoms with Crippen molar-refractivity contribution in [3.8, 4) is 11.5 Å². The highest BCUT2D eigenvalue weighted by molar-refractivity contribution is 14.1. The number of allylic oxidation sites excluding steroid dienone is 1. The van der Waals surface area contributed by atoms with E-state index in [1.807, 2.05) is 42.5 Å². The Hall–Kier alpha value is -3.59. The van der Waals surface area contributed by atoms with Crippen LogP contribution in [0.5, 0.6) is 11.5 Å². The van der Waals surface area contributed by atoms with Crippen LogP contribution in [0.2, 0.25) is 0 Å². The van der Waals surface area contributed by atoms with Crippen LogP contribution in [-0.2, 0) is 9.59 Å². The van der Waals surface area contributed by atoms with E-state index in [1.54, 1.807) is 30.3 Å². The minimum Gasteiger partial charge on any atom is -0.504 e. The Balaban J connectivity index is 1.82. The molecular formula is C26H20INO5. The molecule has 3 aromatic carbocycles. The first-order chi connectivity index (χ1) is 15.9. The van der Waals surface area contributed by atoms with Gasteiger partial charge in [-0.15, -0.1) is 0 Å². The number of methoxy groups -OCH3 is 1. The van der Waals surface area contributed by atoms with Crippen molar-refractivity contribution in [1.82, 2.24) is 0 Å². The minimum absolute atomic E-state index is 0.0431. The second kappa shape index (κ2) is 9.50. The van der Waals surface area contributed by atoms with Gasteiger partial charge in [-0.2, -0.15) is 0 Å². The van der Waals surface area contributed by atoms with E-state index in [2.05, 4.69) is 22.6 Å². The van der Waals surface area contributed by atoms with Crippen LogP contribution >= 0.6 is 22.6 Å². The van der Waals surface area contributed by atoms with Crippen molar-refractivity contribution in [2.24, 2.45) is 0 Å². The Morgan fingerprint density at radius 3 is 2.39 bits per heavy atom. The van der Waals surface area contributed by atoms with Crippen molar-refractivity contribution < 1.29 is 24.5 Å². The molecule has 0 aromatic heterocycles. The molecule has 1 amide bonds. The van der Waals surface area contributed by atoms with E-state index < -0.39 is 23.5 Å². The fourth-order valence-corrected chi connectivity index (χ4v) is 4.09. The zero-order valence-electron chi connectivity index (χ0n) is 17.6. The number of nitrogens with zero attached hydrogens (tertiary/aromatic N) is 1. The normalized spacial score (nSPS) is 16.0. The number of ether oxygens (including phenoxy) is 1. The summed E-state index contributed by atoms with van der Waals surface area (Å²) in [4.78, 5) is 27.8. The van der Waals surface area contributed by atoms with Crippen LogP contribution in [0.15, 0.2) is 90.2 Å². The van der Waals surface area contributed by atoms with Gasteiger partial charge in [0.1, 0.15) is 0 Å². The quantitative estimate of drug-likeness (QED) is 0.324. The van der Waals surface area contributed by atoms with Crippen LogP contribution in [0.4, 0.5) is 5.69 Å². The predicted molar refractivity (Wildman–Crippen MR) is 134 cm³/mol. The summed E-state index contributed by atoms with van der Waals surface area (Å²) in [5, 5.41) is 20.8. The molecule has 0 spiro atoms. The number of aliphatic hydroxyl groups is 1. The summed E-state index contributed by atoms with van der Waals surface area (Å²) < 4.78 is 6.20. The highest BCUT2D eigenvalue weighted by Gasteiger charge is 2.44. The van der Waals surface area contributed by atoms with Gasteiger partial charge in [-0.05, 0) is 76.2 Å². The average molecular weight is 553 g/mol. The number of aliphatic hydroxyl groups excluding tert-OH is 1. The van der Waals surface area contributed by atoms with Crippen LogP contribution in [-0.4, -0.2) is 29.0 Å². The first-order valence-electron chi connectivity index (χ1n) is 10.1. The molecule has 4 rings (SSSR count). The van der Waals surface area contributed by atoms with Gasteiger partial charge in [0.15, 0.2) is 23.0 Å². The zero-order valence-corrected chi connectivity index (χ0v) is 19.8. The Bertz CT molecular complexity index is 1270. The lowest BCUT2D eigenvalue weighted by Gasteiger charge is -2.27. The first-order valence-corrected chi connectivity index (χ1v) is 11.1. The molecule has 1 aliphatic heterocycles. The van der Waals surface area contributed by atoms with Gasteiger partial charge in [-0.1, -0.05) is 42.5 Å². The molecule has 1 atom stereocenters. The largest absolute Gasteiger partial charge is 0.504 e. The number of ketones is 1. The number of halogens is 1. The van der Waals surface area contributed by atoms with E-state index in [0.717, 1.165) is 9.13 Å². The zero-order chi connectivity index (χ0) is 23.5. The van der Waals surface area contributed by atoms with Gasteiger partial charge >= 0.3 is 0 Å². The molecule has 7 heteroatoms. The number of amides is 1. The maximum absolute atomic E-state index is 13.2. The fourth-order valence-electron chi connectivity index (χ4n) is 3.73. The Labute approximate surface area is 204 Å². The summed E-state index contributed by atoms with van der Waals surface area (Å²) in [5.41, 5.74) is 1.81. The molecule has 3 aromatic rings. The molecule has 0 saturated carbocycles. The molecule has 2 N–H and O–H groups in total. The number of phenols is 1. The summed E-state index contributed by atoms with van der Waals surface area (Å²) in [6.07, 6.45) is 2.98. The van der Waals surface area contributed by atoms with Gasteiger partial charge in [0, 0.05) is 9.26 Å². The molecule has 1 heterocycles. The van der Waals surface area contributed by atoms with Crippen LogP contribution in [0, 0.1) is 3.57 Å². The maximum atomic E-state index is 13.2. The lowest BCUT2D eigenvalue weighted by atomic mass is 9.95. The average Bonchev–Trinajstić information content (AvgIpc) is 3.09. The third-order valence-corrected chi connectivity index (χ3v) is 6.04. The van der Waals surface area contributed by atoms with Crippen molar-refractivity contribution in [3.63, 3.8) is 0 Å². The highest BCUT2D eigenvalue weighted by atomic mass is 127. The summed E-state index contributed by atoms with van der Waals surface area (Å²) in [6, 6.07) is 20.1. The number of phenolic OH excluding ortho intramolecular Hbond substituents is 1. The van der Waals surface area contributed by atoms with Crippen molar-refractivity contribution in [2.75, 3.05) is 12.0 Å². The third kappa shape index (κ3) is 4.49. The molecule has 1 unspecified atom stereocenters. The lowest BCUT2D eigenvalue weighted by Crippen LogP contribution is -2.30. The van der Waals surface area contributed by atoms with Gasteiger partial charge in [-0.25, -0.2) is 0 Å². The number of carbonyl (C=O) groups is 2. The SMILES string of the molecule is COc1cc(C2C(C(=O)/C=C/c3ccccc3)=C(O)C(=O)N2c2ccc(I)cc2)ccc1O. The second-order valence-electron chi connectivity index (χ2n) is 7.36. The number of rotatable bonds is 6. The standard InChI is InChI=1S/C26H20INO5/c1-33-22-15-17(8-14-20(22)29)24-23(21(30)13-7-16-5-3-2-4-6-16)25(31)26(32)28(24)19-11-9-18(27)10-12-19/h2-15,24,29,31H,1H3/b13-7+. The molecular weight excluding hydrogens is 533 g/mol. The van der Waals surface area contributed by atoms with E-state index in [-0.39, 0.29) is 17.1 Å². The minimum atomic E-state index is -0.903. The molecule has 0 aliphatic carbocycles. The number of hydrogen-bond donors (Lipinski definition) is 2. The van der Waals surface area contributed by atoms with Crippen molar-refractivity contribution in [2.45, 2.75) is 6.04 Å². The number of aromatic hydroxyl groups is 1. The number of anilines is 1. The third-order valence-electron chi connectivity index (χ3n) is 5.32. The monoisotopic (exact) mass is 553 g/mol. The Kier molecular flexibility index (Phi) is 6.50. The van der Waals surface area contributed by atoms with E-state index >= 15 is 0 Å². The molecule has 1 aliphatic rings. The number of hydrogen-bond acceptors (Lipinski definition) is 5. The van der Waals surface area contributed by atoms with Crippen molar-refractivity contribution >= 4 is 46.0 Å². The maximum Gasteiger partial charge on any atom is 0.294 e. The molecule has 6 nitrogen and oxygen atoms in total. The van der Waals surface area contributed by atoms with Crippen LogP contribution in [0.25, 0.3) is 6.08 Å². The Morgan fingerprint density at radius 1 is 1.03 bits per heavy atom. The van der Waals surface area contributed by atoms with E-state index in [0.29, 0.717) is 11.3 Å². The number of carbonyl (C=O) groups excluding carboxylic acids is 2. The summed E-state index contributed by atoms with van der Waals surface area (Å²) >= 11 is 2.16. The van der Waals surface area contributed by atoms with E-state index in [4.69, 9.17) is 4.74 Å². The fraction of sp³-hybridized carbons (Fsp3) is 0.0769. The van der Waals surface area contributed by atoms with Crippen molar-refractivity contribution in [3.05, 3.63) is 105 Å². The molecule has 0 bridgehead atoms. The van der Waals surface area contributed by atoms with Gasteiger partial charge in [-0.3, -0.25) is 14.5 Å². The van der Waals surface area contributed by atoms with Gasteiger partial charge < -0.3 is 14.9 Å². The molecule has 33 heavy (non-hydrogen) atoms. The topological polar surface area (TPSA) is 87.1 Å². The van der Waals surface area contributed by atoms with E-state index in [9.17, 15) is 19.8 Å². The summed E-state index contributed by atoms with van der Waals surface area (Å²) in [5.74, 6) is -1.65. The van der Waals surface area contributed by atoms with Crippen LogP contribution < -0.4 is 9.64 Å².